The number of rotatable bonds is 2. The number of para-hydroxylation sites is 1. The van der Waals surface area contributed by atoms with Gasteiger partial charge in [-0.25, -0.2) is 9.78 Å². The number of pyridine rings is 1. The topological polar surface area (TPSA) is 82.3 Å². The zero-order valence-corrected chi connectivity index (χ0v) is 12.3. The summed E-state index contributed by atoms with van der Waals surface area (Å²) in [6, 6.07) is 15.8. The fourth-order valence-corrected chi connectivity index (χ4v) is 2.72. The maximum atomic E-state index is 12.0. The number of hydrogen-bond donors (Lipinski definition) is 0. The van der Waals surface area contributed by atoms with Crippen molar-refractivity contribution in [3.63, 3.8) is 0 Å². The molecule has 1 aliphatic rings. The Morgan fingerprint density at radius 2 is 1.88 bits per heavy atom. The number of benzene rings is 2. The molecule has 0 atom stereocenters. The Morgan fingerprint density at radius 3 is 2.71 bits per heavy atom. The lowest BCUT2D eigenvalue weighted by Crippen LogP contribution is -2.00. The third-order valence-electron chi connectivity index (χ3n) is 3.81. The Hall–Kier alpha value is -3.54. The minimum atomic E-state index is -0.718. The predicted octanol–water partition coefficient (Wildman–Crippen LogP) is 3.81. The number of fused-ring (bicyclic) bond motifs is 2. The maximum absolute atomic E-state index is 12.0. The molecule has 116 valence electrons. The van der Waals surface area contributed by atoms with E-state index in [0.717, 1.165) is 10.9 Å². The van der Waals surface area contributed by atoms with Gasteiger partial charge in [0.2, 0.25) is 0 Å². The standard InChI is InChI=1S/C18H10N2O4/c21-18-17-13(5-3-7-15(17)20(22)23)16(24-18)10-12-9-8-11-4-1-2-6-14(11)19-12/h1-10H/b16-10+. The SMILES string of the molecule is O=C1O/C(=C/c2ccc3ccccc3n2)c2cccc([N+](=O)[O-])c21. The normalized spacial score (nSPS) is 14.7. The molecule has 0 bridgehead atoms. The van der Waals surface area contributed by atoms with Crippen molar-refractivity contribution in [2.24, 2.45) is 0 Å². The minimum Gasteiger partial charge on any atom is -0.422 e. The Kier molecular flexibility index (Phi) is 3.09. The molecule has 0 saturated carbocycles. The van der Waals surface area contributed by atoms with E-state index in [-0.39, 0.29) is 17.0 Å². The van der Waals surface area contributed by atoms with E-state index >= 15 is 0 Å². The second-order valence-corrected chi connectivity index (χ2v) is 5.28. The lowest BCUT2D eigenvalue weighted by Gasteiger charge is -2.01. The zero-order valence-electron chi connectivity index (χ0n) is 12.3. The number of ether oxygens (including phenoxy) is 1. The molecule has 0 spiro atoms. The van der Waals surface area contributed by atoms with Crippen LogP contribution in [0.25, 0.3) is 22.7 Å². The smallest absolute Gasteiger partial charge is 0.351 e. The third-order valence-corrected chi connectivity index (χ3v) is 3.81. The summed E-state index contributed by atoms with van der Waals surface area (Å²) in [5.74, 6) is -0.453. The van der Waals surface area contributed by atoms with Crippen molar-refractivity contribution in [1.29, 1.82) is 0 Å². The summed E-state index contributed by atoms with van der Waals surface area (Å²) < 4.78 is 5.22. The lowest BCUT2D eigenvalue weighted by molar-refractivity contribution is -0.385. The molecular formula is C18H10N2O4. The van der Waals surface area contributed by atoms with Crippen LogP contribution < -0.4 is 0 Å². The summed E-state index contributed by atoms with van der Waals surface area (Å²) in [6.45, 7) is 0. The van der Waals surface area contributed by atoms with E-state index in [1.807, 2.05) is 30.3 Å². The van der Waals surface area contributed by atoms with Gasteiger partial charge in [0, 0.05) is 23.1 Å². The fourth-order valence-electron chi connectivity index (χ4n) is 2.72. The highest BCUT2D eigenvalue weighted by molar-refractivity contribution is 6.08. The largest absolute Gasteiger partial charge is 0.422 e. The number of cyclic esters (lactones) is 1. The summed E-state index contributed by atoms with van der Waals surface area (Å²) in [5.41, 5.74) is 1.55. The van der Waals surface area contributed by atoms with Gasteiger partial charge >= 0.3 is 5.97 Å². The van der Waals surface area contributed by atoms with Crippen molar-refractivity contribution >= 4 is 34.4 Å². The van der Waals surface area contributed by atoms with Crippen molar-refractivity contribution in [3.8, 4) is 0 Å². The van der Waals surface area contributed by atoms with E-state index in [1.54, 1.807) is 18.2 Å². The van der Waals surface area contributed by atoms with Crippen LogP contribution in [0.5, 0.6) is 0 Å². The number of nitro benzene ring substituents is 1. The summed E-state index contributed by atoms with van der Waals surface area (Å²) in [5, 5.41) is 12.1. The van der Waals surface area contributed by atoms with Crippen molar-refractivity contribution in [1.82, 2.24) is 4.98 Å². The molecule has 1 aromatic heterocycles. The van der Waals surface area contributed by atoms with Gasteiger partial charge in [-0.05, 0) is 18.2 Å². The average Bonchev–Trinajstić information content (AvgIpc) is 2.91. The Labute approximate surface area is 136 Å². The Bertz CT molecular complexity index is 1040. The fraction of sp³-hybridized carbons (Fsp3) is 0. The zero-order chi connectivity index (χ0) is 16.7. The molecule has 1 aliphatic heterocycles. The predicted molar refractivity (Wildman–Crippen MR) is 88.1 cm³/mol. The molecule has 0 N–H and O–H groups in total. The molecular weight excluding hydrogens is 308 g/mol. The molecule has 6 heteroatoms. The van der Waals surface area contributed by atoms with Crippen LogP contribution in [-0.2, 0) is 4.74 Å². The molecule has 0 radical (unpaired) electrons. The van der Waals surface area contributed by atoms with Crippen LogP contribution in [0.1, 0.15) is 21.6 Å². The number of nitro groups is 1. The number of carbonyl (C=O) groups is 1. The van der Waals surface area contributed by atoms with E-state index in [0.29, 0.717) is 11.3 Å². The summed E-state index contributed by atoms with van der Waals surface area (Å²) in [7, 11) is 0. The van der Waals surface area contributed by atoms with Crippen LogP contribution in [0.2, 0.25) is 0 Å². The monoisotopic (exact) mass is 318 g/mol. The number of esters is 1. The molecule has 0 unspecified atom stereocenters. The van der Waals surface area contributed by atoms with Gasteiger partial charge in [0.05, 0.1) is 16.1 Å². The highest BCUT2D eigenvalue weighted by Gasteiger charge is 2.34. The van der Waals surface area contributed by atoms with Gasteiger partial charge in [0.1, 0.15) is 11.3 Å². The van der Waals surface area contributed by atoms with E-state index in [4.69, 9.17) is 4.74 Å². The molecule has 0 amide bonds. The first-order valence-electron chi connectivity index (χ1n) is 7.21. The van der Waals surface area contributed by atoms with Gasteiger partial charge in [-0.3, -0.25) is 10.1 Å². The Morgan fingerprint density at radius 1 is 1.04 bits per heavy atom. The lowest BCUT2D eigenvalue weighted by atomic mass is 10.1. The number of nitrogens with zero attached hydrogens (tertiary/aromatic N) is 2. The van der Waals surface area contributed by atoms with Crippen LogP contribution in [0, 0.1) is 10.1 Å². The highest BCUT2D eigenvalue weighted by Crippen LogP contribution is 2.36. The summed E-state index contributed by atoms with van der Waals surface area (Å²) >= 11 is 0. The van der Waals surface area contributed by atoms with E-state index in [9.17, 15) is 14.9 Å². The maximum Gasteiger partial charge on any atom is 0.351 e. The molecule has 3 aromatic rings. The molecule has 2 heterocycles. The average molecular weight is 318 g/mol. The quantitative estimate of drug-likeness (QED) is 0.407. The summed E-state index contributed by atoms with van der Waals surface area (Å²) in [6.07, 6.45) is 1.61. The minimum absolute atomic E-state index is 0.0189. The second-order valence-electron chi connectivity index (χ2n) is 5.28. The molecule has 0 saturated heterocycles. The van der Waals surface area contributed by atoms with Crippen LogP contribution in [0.4, 0.5) is 5.69 Å². The molecule has 2 aromatic carbocycles. The van der Waals surface area contributed by atoms with Crippen LogP contribution >= 0.6 is 0 Å². The van der Waals surface area contributed by atoms with Gasteiger partial charge in [-0.2, -0.15) is 0 Å². The molecule has 0 aliphatic carbocycles. The van der Waals surface area contributed by atoms with Crippen molar-refractivity contribution < 1.29 is 14.5 Å². The highest BCUT2D eigenvalue weighted by atomic mass is 16.6. The third kappa shape index (κ3) is 2.21. The molecule has 6 nitrogen and oxygen atoms in total. The van der Waals surface area contributed by atoms with E-state index < -0.39 is 10.9 Å². The first-order valence-corrected chi connectivity index (χ1v) is 7.21. The van der Waals surface area contributed by atoms with Crippen LogP contribution in [0.3, 0.4) is 0 Å². The van der Waals surface area contributed by atoms with Crippen LogP contribution in [0.15, 0.2) is 54.6 Å². The first kappa shape index (κ1) is 14.1. The molecule has 0 fully saturated rings. The van der Waals surface area contributed by atoms with Crippen molar-refractivity contribution in [3.05, 3.63) is 81.5 Å². The van der Waals surface area contributed by atoms with Gasteiger partial charge < -0.3 is 4.74 Å². The van der Waals surface area contributed by atoms with Crippen molar-refractivity contribution in [2.75, 3.05) is 0 Å². The van der Waals surface area contributed by atoms with Crippen LogP contribution in [-0.4, -0.2) is 15.9 Å². The van der Waals surface area contributed by atoms with Gasteiger partial charge in [-0.1, -0.05) is 30.3 Å². The van der Waals surface area contributed by atoms with Gasteiger partial charge in [0.25, 0.3) is 5.69 Å². The molecule has 4 rings (SSSR count). The Balaban J connectivity index is 1.84. The van der Waals surface area contributed by atoms with Crippen molar-refractivity contribution in [2.45, 2.75) is 0 Å². The van der Waals surface area contributed by atoms with E-state index in [2.05, 4.69) is 4.98 Å². The first-order chi connectivity index (χ1) is 11.6. The van der Waals surface area contributed by atoms with Gasteiger partial charge in [-0.15, -0.1) is 0 Å². The number of hydrogen-bond acceptors (Lipinski definition) is 5. The summed E-state index contributed by atoms with van der Waals surface area (Å²) in [4.78, 5) is 27.0. The number of aromatic nitrogens is 1. The van der Waals surface area contributed by atoms with Gasteiger partial charge in [0.15, 0.2) is 0 Å². The molecule has 24 heavy (non-hydrogen) atoms. The number of carbonyl (C=O) groups excluding carboxylic acids is 1. The van der Waals surface area contributed by atoms with E-state index in [1.165, 1.54) is 12.1 Å². The second kappa shape index (κ2) is 5.27.